The number of fused-ring (bicyclic) bond motifs is 2. The number of nitro groups is 1. The molecule has 2 heterocycles. The van der Waals surface area contributed by atoms with Crippen molar-refractivity contribution in [2.45, 2.75) is 25.4 Å². The van der Waals surface area contributed by atoms with Gasteiger partial charge >= 0.3 is 0 Å². The van der Waals surface area contributed by atoms with Crippen LogP contribution in [0.15, 0.2) is 90.1 Å². The summed E-state index contributed by atoms with van der Waals surface area (Å²) in [5.41, 5.74) is 6.66. The Labute approximate surface area is 220 Å². The summed E-state index contributed by atoms with van der Waals surface area (Å²) in [5.74, 6) is -0.866. The second-order valence-corrected chi connectivity index (χ2v) is 10.6. The summed E-state index contributed by atoms with van der Waals surface area (Å²) in [5, 5.41) is 23.1. The third-order valence-corrected chi connectivity index (χ3v) is 8.19. The molecule has 0 spiro atoms. The maximum Gasteiger partial charge on any atom is 0.270 e. The van der Waals surface area contributed by atoms with E-state index in [0.29, 0.717) is 16.7 Å². The Kier molecular flexibility index (Phi) is 5.26. The topological polar surface area (TPSA) is 86.7 Å². The molecule has 0 bridgehead atoms. The molecule has 2 aliphatic heterocycles. The number of para-hydroxylation sites is 1. The van der Waals surface area contributed by atoms with E-state index in [-0.39, 0.29) is 16.9 Å². The van der Waals surface area contributed by atoms with Gasteiger partial charge in [-0.05, 0) is 23.8 Å². The van der Waals surface area contributed by atoms with Crippen molar-refractivity contribution >= 4 is 34.1 Å². The normalized spacial score (nSPS) is 24.5. The van der Waals surface area contributed by atoms with Crippen molar-refractivity contribution in [3.63, 3.8) is 0 Å². The summed E-state index contributed by atoms with van der Waals surface area (Å²) < 4.78 is 1.94. The average molecular weight is 507 g/mol. The predicted octanol–water partition coefficient (Wildman–Crippen LogP) is 5.00. The summed E-state index contributed by atoms with van der Waals surface area (Å²) >= 11 is 0. The van der Waals surface area contributed by atoms with Crippen molar-refractivity contribution in [2.24, 2.45) is 5.92 Å². The fourth-order valence-corrected chi connectivity index (χ4v) is 6.21. The fraction of sp³-hybridized carbons (Fsp3) is 0.226. The average Bonchev–Trinajstić information content (AvgIpc) is 3.30. The highest BCUT2D eigenvalue weighted by Gasteiger charge is 2.51. The number of non-ortho nitro benzene ring substituents is 1. The number of likely N-dealkylation sites (N-methyl/N-ethyl adjacent to an activating group) is 1. The largest absolute Gasteiger partial charge is 0.387 e. The Hall–Kier alpha value is -4.36. The Morgan fingerprint density at radius 2 is 1.74 bits per heavy atom. The van der Waals surface area contributed by atoms with Crippen molar-refractivity contribution in [2.75, 3.05) is 19.0 Å². The number of allylic oxidation sites excluding steroid dienone is 2. The molecule has 3 aliphatic rings. The van der Waals surface area contributed by atoms with E-state index in [1.165, 1.54) is 17.7 Å². The molecule has 3 aromatic carbocycles. The van der Waals surface area contributed by atoms with Crippen LogP contribution >= 0.6 is 0 Å². The Morgan fingerprint density at radius 3 is 2.39 bits per heavy atom. The second kappa shape index (κ2) is 8.33. The van der Waals surface area contributed by atoms with Gasteiger partial charge in [-0.3, -0.25) is 14.9 Å². The van der Waals surface area contributed by atoms with Gasteiger partial charge in [-0.15, -0.1) is 0 Å². The van der Waals surface area contributed by atoms with E-state index >= 15 is 0 Å². The van der Waals surface area contributed by atoms with Crippen molar-refractivity contribution < 1.29 is 19.4 Å². The number of carbonyl (C=O) groups is 1. The Bertz CT molecular complexity index is 1630. The molecule has 0 radical (unpaired) electrons. The first-order valence-electron chi connectivity index (χ1n) is 12.6. The molecule has 1 N–H and O–H groups in total. The van der Waals surface area contributed by atoms with Crippen molar-refractivity contribution in [1.82, 2.24) is 0 Å². The lowest BCUT2D eigenvalue weighted by Gasteiger charge is -2.35. The van der Waals surface area contributed by atoms with Crippen LogP contribution in [0.3, 0.4) is 0 Å². The van der Waals surface area contributed by atoms with Gasteiger partial charge in [0.15, 0.2) is 5.78 Å². The van der Waals surface area contributed by atoms with Gasteiger partial charge in [-0.1, -0.05) is 56.3 Å². The zero-order valence-corrected chi connectivity index (χ0v) is 21.7. The Morgan fingerprint density at radius 1 is 1.05 bits per heavy atom. The second-order valence-electron chi connectivity index (χ2n) is 10.6. The number of ketones is 1. The highest BCUT2D eigenvalue weighted by molar-refractivity contribution is 6.38. The smallest absolute Gasteiger partial charge is 0.270 e. The zero-order valence-electron chi connectivity index (χ0n) is 21.7. The molecule has 190 valence electrons. The van der Waals surface area contributed by atoms with Crippen LogP contribution in [0.5, 0.6) is 0 Å². The Balaban J connectivity index is 1.48. The fourth-order valence-electron chi connectivity index (χ4n) is 6.21. The third-order valence-electron chi connectivity index (χ3n) is 8.19. The molecule has 1 aliphatic carbocycles. The van der Waals surface area contributed by atoms with E-state index in [0.717, 1.165) is 28.3 Å². The molecule has 3 aromatic rings. The number of rotatable bonds is 3. The standard InChI is InChI=1S/C31H28N3O4/c1-31(2)22-12-8-9-13-24(22)32(3)25(31)17-21-29(35)27(30(21)36)26-20-16-19(34(37)38)14-15-23(20)33(4)28(26)18-10-6-5-7-11-18/h5-17,21,29,35H,1-4H3/q+1. The molecule has 38 heavy (non-hydrogen) atoms. The summed E-state index contributed by atoms with van der Waals surface area (Å²) in [6.07, 6.45) is 0.863. The summed E-state index contributed by atoms with van der Waals surface area (Å²) in [4.78, 5) is 27.0. The van der Waals surface area contributed by atoms with Crippen LogP contribution in [-0.2, 0) is 10.2 Å². The molecule has 0 amide bonds. The molecule has 2 unspecified atom stereocenters. The van der Waals surface area contributed by atoms with Gasteiger partial charge in [0.2, 0.25) is 11.4 Å². The van der Waals surface area contributed by atoms with Crippen LogP contribution < -0.4 is 4.90 Å². The van der Waals surface area contributed by atoms with Crippen LogP contribution in [0, 0.1) is 16.0 Å². The van der Waals surface area contributed by atoms with E-state index < -0.39 is 16.9 Å². The number of anilines is 1. The first-order chi connectivity index (χ1) is 18.1. The number of benzene rings is 3. The number of nitro benzene ring substituents is 1. The highest BCUT2D eigenvalue weighted by atomic mass is 16.6. The zero-order chi connectivity index (χ0) is 26.9. The summed E-state index contributed by atoms with van der Waals surface area (Å²) in [6.45, 7) is 4.25. The number of aliphatic hydroxyl groups is 1. The van der Waals surface area contributed by atoms with Crippen molar-refractivity contribution in [3.8, 4) is 0 Å². The number of nitrogens with zero attached hydrogens (tertiary/aromatic N) is 3. The van der Waals surface area contributed by atoms with Gasteiger partial charge in [0.1, 0.15) is 7.05 Å². The summed E-state index contributed by atoms with van der Waals surface area (Å²) in [6, 6.07) is 22.4. The lowest BCUT2D eigenvalue weighted by molar-refractivity contribution is -0.401. The van der Waals surface area contributed by atoms with E-state index in [9.17, 15) is 20.0 Å². The predicted molar refractivity (Wildman–Crippen MR) is 147 cm³/mol. The van der Waals surface area contributed by atoms with Gasteiger partial charge in [-0.2, -0.15) is 4.58 Å². The van der Waals surface area contributed by atoms with E-state index in [1.807, 2.05) is 67.2 Å². The van der Waals surface area contributed by atoms with Gasteiger partial charge in [-0.25, -0.2) is 0 Å². The molecule has 0 aromatic heterocycles. The quantitative estimate of drug-likeness (QED) is 0.234. The molecule has 0 saturated heterocycles. The van der Waals surface area contributed by atoms with E-state index in [4.69, 9.17) is 0 Å². The maximum absolute atomic E-state index is 13.8. The molecule has 1 fully saturated rings. The SMILES string of the molecule is CN1C(=CC2C(=O)C(=C3C(c4ccccc4)=[N+](C)c4ccc([N+](=O)[O-])cc43)C2O)C(C)(C)c2ccccc21. The minimum absolute atomic E-state index is 0.0587. The number of aliphatic hydroxyl groups excluding tert-OH is 1. The van der Waals surface area contributed by atoms with Crippen LogP contribution in [0.2, 0.25) is 0 Å². The third kappa shape index (κ3) is 3.25. The van der Waals surface area contributed by atoms with Crippen LogP contribution in [0.25, 0.3) is 5.57 Å². The lowest BCUT2D eigenvalue weighted by Crippen LogP contribution is -2.46. The highest BCUT2D eigenvalue weighted by Crippen LogP contribution is 2.50. The molecule has 2 atom stereocenters. The number of Topliss-reactive ketones (excluding diaryl/α,β-unsaturated/α-hetero) is 1. The van der Waals surface area contributed by atoms with Gasteiger partial charge in [0.25, 0.3) is 5.69 Å². The monoisotopic (exact) mass is 506 g/mol. The van der Waals surface area contributed by atoms with Gasteiger partial charge in [0.05, 0.1) is 28.1 Å². The van der Waals surface area contributed by atoms with Gasteiger partial charge < -0.3 is 10.0 Å². The lowest BCUT2D eigenvalue weighted by atomic mass is 9.69. The van der Waals surface area contributed by atoms with Crippen LogP contribution in [0.4, 0.5) is 17.1 Å². The minimum Gasteiger partial charge on any atom is -0.387 e. The molecular weight excluding hydrogens is 478 g/mol. The first-order valence-corrected chi connectivity index (χ1v) is 12.6. The number of hydrogen-bond donors (Lipinski definition) is 1. The molecule has 6 rings (SSSR count). The van der Waals surface area contributed by atoms with Crippen molar-refractivity contribution in [3.05, 3.63) is 117 Å². The number of carbonyl (C=O) groups excluding carboxylic acids is 1. The van der Waals surface area contributed by atoms with Gasteiger partial charge in [0, 0.05) is 53.2 Å². The van der Waals surface area contributed by atoms with E-state index in [1.54, 1.807) is 6.07 Å². The molecule has 7 nitrogen and oxygen atoms in total. The van der Waals surface area contributed by atoms with Crippen LogP contribution in [0.1, 0.15) is 30.5 Å². The summed E-state index contributed by atoms with van der Waals surface area (Å²) in [7, 11) is 3.86. The number of hydrogen-bond acceptors (Lipinski definition) is 5. The maximum atomic E-state index is 13.8. The van der Waals surface area contributed by atoms with E-state index in [2.05, 4.69) is 30.9 Å². The minimum atomic E-state index is -1.03. The molecular formula is C31H28N3O4+. The van der Waals surface area contributed by atoms with Crippen molar-refractivity contribution in [1.29, 1.82) is 0 Å². The van der Waals surface area contributed by atoms with Crippen LogP contribution in [-0.4, -0.2) is 46.3 Å². The molecule has 7 heteroatoms. The first kappa shape index (κ1) is 24.0. The molecule has 1 saturated carbocycles.